The molecule has 2 aromatic heterocycles. The van der Waals surface area contributed by atoms with E-state index in [1.54, 1.807) is 54.3 Å². The minimum absolute atomic E-state index is 0.0384. The molecule has 0 saturated heterocycles. The molecule has 3 aromatic carbocycles. The molecule has 0 fully saturated rings. The molecule has 6 rings (SSSR count). The first-order chi connectivity index (χ1) is 20.2. The SMILES string of the molecule is Cc1ccc2c3c(n(CCC(=O)O)c2c1)CCC(NC(=O)c1ccc(-n2cnc(C)n2)cc1Cl)C3.Fc1ccccc1. The van der Waals surface area contributed by atoms with Gasteiger partial charge >= 0.3 is 5.97 Å². The standard InChI is InChI=1S/C26H26ClN5O3.C6H5F/c1-15-3-6-19-21-12-17(4-8-23(21)31(24(19)11-15)10-9-25(33)34)29-26(35)20-7-5-18(13-22(20)27)32-14-28-16(2)30-32;7-6-4-2-1-3-5-6/h3,5-7,11,13-14,17H,4,8-10,12H2,1-2H3,(H,29,35)(H,33,34);1-5H. The highest BCUT2D eigenvalue weighted by Crippen LogP contribution is 2.33. The summed E-state index contributed by atoms with van der Waals surface area (Å²) in [5.41, 5.74) is 5.70. The number of nitrogens with one attached hydrogen (secondary N) is 1. The van der Waals surface area contributed by atoms with Gasteiger partial charge in [-0.25, -0.2) is 14.1 Å². The third-order valence-electron chi connectivity index (χ3n) is 7.31. The van der Waals surface area contributed by atoms with Crippen LogP contribution in [0.4, 0.5) is 4.39 Å². The molecule has 0 spiro atoms. The molecule has 42 heavy (non-hydrogen) atoms. The van der Waals surface area contributed by atoms with Gasteiger partial charge in [-0.3, -0.25) is 9.59 Å². The molecule has 10 heteroatoms. The van der Waals surface area contributed by atoms with Crippen molar-refractivity contribution < 1.29 is 19.1 Å². The van der Waals surface area contributed by atoms with Crippen molar-refractivity contribution in [3.05, 3.63) is 112 Å². The van der Waals surface area contributed by atoms with Crippen molar-refractivity contribution >= 4 is 34.4 Å². The number of hydrogen-bond donors (Lipinski definition) is 2. The van der Waals surface area contributed by atoms with Crippen molar-refractivity contribution in [2.24, 2.45) is 0 Å². The van der Waals surface area contributed by atoms with Crippen LogP contribution in [0.15, 0.2) is 73.1 Å². The van der Waals surface area contributed by atoms with Gasteiger partial charge in [-0.2, -0.15) is 5.10 Å². The van der Waals surface area contributed by atoms with E-state index in [2.05, 4.69) is 38.2 Å². The van der Waals surface area contributed by atoms with E-state index in [0.717, 1.165) is 35.0 Å². The zero-order valence-electron chi connectivity index (χ0n) is 23.3. The van der Waals surface area contributed by atoms with Gasteiger partial charge in [0.25, 0.3) is 5.91 Å². The summed E-state index contributed by atoms with van der Waals surface area (Å²) in [7, 11) is 0. The Bertz CT molecular complexity index is 1750. The van der Waals surface area contributed by atoms with Gasteiger partial charge in [-0.05, 0) is 80.6 Å². The van der Waals surface area contributed by atoms with E-state index >= 15 is 0 Å². The number of aryl methyl sites for hydroxylation is 3. The highest BCUT2D eigenvalue weighted by atomic mass is 35.5. The predicted molar refractivity (Wildman–Crippen MR) is 160 cm³/mol. The lowest BCUT2D eigenvalue weighted by Crippen LogP contribution is -2.39. The number of aliphatic carboxylic acids is 1. The zero-order chi connectivity index (χ0) is 29.8. The number of nitrogens with zero attached hydrogens (tertiary/aromatic N) is 4. The number of aromatic nitrogens is 4. The van der Waals surface area contributed by atoms with Crippen LogP contribution in [0.2, 0.25) is 5.02 Å². The second kappa shape index (κ2) is 12.6. The Morgan fingerprint density at radius 3 is 2.52 bits per heavy atom. The van der Waals surface area contributed by atoms with E-state index in [-0.39, 0.29) is 24.2 Å². The maximum Gasteiger partial charge on any atom is 0.305 e. The number of halogens is 2. The van der Waals surface area contributed by atoms with Crippen LogP contribution in [0, 0.1) is 19.7 Å². The molecule has 1 amide bonds. The molecule has 1 aliphatic rings. The van der Waals surface area contributed by atoms with E-state index in [0.29, 0.717) is 29.4 Å². The first kappa shape index (κ1) is 29.0. The van der Waals surface area contributed by atoms with Crippen LogP contribution < -0.4 is 5.32 Å². The Labute approximate surface area is 247 Å². The molecule has 0 saturated carbocycles. The molecular formula is C32H31ClFN5O3. The predicted octanol–water partition coefficient (Wildman–Crippen LogP) is 6.08. The van der Waals surface area contributed by atoms with Crippen LogP contribution in [0.3, 0.4) is 0 Å². The first-order valence-corrected chi connectivity index (χ1v) is 14.1. The minimum Gasteiger partial charge on any atom is -0.481 e. The fourth-order valence-corrected chi connectivity index (χ4v) is 5.58. The Balaban J connectivity index is 0.000000442. The van der Waals surface area contributed by atoms with Gasteiger partial charge in [0.2, 0.25) is 0 Å². The lowest BCUT2D eigenvalue weighted by atomic mass is 9.91. The highest BCUT2D eigenvalue weighted by Gasteiger charge is 2.27. The number of benzene rings is 3. The third kappa shape index (κ3) is 6.52. The lowest BCUT2D eigenvalue weighted by Gasteiger charge is -2.25. The topological polar surface area (TPSA) is 102 Å². The second-order valence-corrected chi connectivity index (χ2v) is 10.8. The molecule has 8 nitrogen and oxygen atoms in total. The van der Waals surface area contributed by atoms with Gasteiger partial charge in [0, 0.05) is 29.2 Å². The van der Waals surface area contributed by atoms with E-state index in [1.807, 2.05) is 6.92 Å². The fourth-order valence-electron chi connectivity index (χ4n) is 5.32. The van der Waals surface area contributed by atoms with Gasteiger partial charge in [-0.1, -0.05) is 41.9 Å². The molecular weight excluding hydrogens is 557 g/mol. The summed E-state index contributed by atoms with van der Waals surface area (Å²) in [5.74, 6) is -0.548. The van der Waals surface area contributed by atoms with Crippen LogP contribution in [-0.2, 0) is 24.2 Å². The van der Waals surface area contributed by atoms with Crippen LogP contribution in [-0.4, -0.2) is 42.4 Å². The minimum atomic E-state index is -0.809. The number of rotatable bonds is 6. The number of hydrogen-bond acceptors (Lipinski definition) is 4. The van der Waals surface area contributed by atoms with E-state index in [9.17, 15) is 19.1 Å². The number of carboxylic acid groups (broad SMARTS) is 1. The monoisotopic (exact) mass is 587 g/mol. The summed E-state index contributed by atoms with van der Waals surface area (Å²) in [6.45, 7) is 4.28. The van der Waals surface area contributed by atoms with E-state index < -0.39 is 5.97 Å². The Morgan fingerprint density at radius 2 is 1.88 bits per heavy atom. The summed E-state index contributed by atoms with van der Waals surface area (Å²) in [5, 5.41) is 18.1. The third-order valence-corrected chi connectivity index (χ3v) is 7.62. The van der Waals surface area contributed by atoms with Crippen LogP contribution in [0.25, 0.3) is 16.6 Å². The smallest absolute Gasteiger partial charge is 0.305 e. The van der Waals surface area contributed by atoms with Crippen molar-refractivity contribution in [3.8, 4) is 5.69 Å². The summed E-state index contributed by atoms with van der Waals surface area (Å²) >= 11 is 6.46. The fraction of sp³-hybridized carbons (Fsp3) is 0.250. The van der Waals surface area contributed by atoms with E-state index in [1.165, 1.54) is 23.4 Å². The molecule has 2 heterocycles. The Hall–Kier alpha value is -4.50. The molecule has 1 atom stereocenters. The highest BCUT2D eigenvalue weighted by molar-refractivity contribution is 6.34. The van der Waals surface area contributed by atoms with Crippen LogP contribution in [0.5, 0.6) is 0 Å². The van der Waals surface area contributed by atoms with Gasteiger partial charge in [0.1, 0.15) is 18.0 Å². The number of carbonyl (C=O) groups excluding carboxylic acids is 1. The van der Waals surface area contributed by atoms with Crippen molar-refractivity contribution in [1.29, 1.82) is 0 Å². The Morgan fingerprint density at radius 1 is 1.10 bits per heavy atom. The zero-order valence-corrected chi connectivity index (χ0v) is 24.1. The molecule has 2 N–H and O–H groups in total. The van der Waals surface area contributed by atoms with Gasteiger partial charge in [-0.15, -0.1) is 0 Å². The lowest BCUT2D eigenvalue weighted by molar-refractivity contribution is -0.137. The van der Waals surface area contributed by atoms with Crippen LogP contribution in [0.1, 0.15) is 45.8 Å². The first-order valence-electron chi connectivity index (χ1n) is 13.7. The van der Waals surface area contributed by atoms with Gasteiger partial charge in [0.05, 0.1) is 22.7 Å². The molecule has 0 aliphatic heterocycles. The van der Waals surface area contributed by atoms with Gasteiger partial charge < -0.3 is 15.0 Å². The molecule has 0 radical (unpaired) electrons. The number of amides is 1. The van der Waals surface area contributed by atoms with E-state index in [4.69, 9.17) is 11.6 Å². The summed E-state index contributed by atoms with van der Waals surface area (Å²) in [4.78, 5) is 28.4. The molecule has 5 aromatic rings. The Kier molecular flexibility index (Phi) is 8.68. The molecule has 216 valence electrons. The molecule has 1 aliphatic carbocycles. The average Bonchev–Trinajstić information content (AvgIpc) is 3.53. The van der Waals surface area contributed by atoms with Crippen molar-refractivity contribution in [2.45, 2.75) is 52.1 Å². The maximum atomic E-state index is 13.1. The van der Waals surface area contributed by atoms with Crippen molar-refractivity contribution in [1.82, 2.24) is 24.6 Å². The van der Waals surface area contributed by atoms with Crippen molar-refractivity contribution in [2.75, 3.05) is 0 Å². The number of carboxylic acids is 1. The number of fused-ring (bicyclic) bond motifs is 3. The summed E-state index contributed by atoms with van der Waals surface area (Å²) in [6.07, 6.45) is 3.91. The average molecular weight is 588 g/mol. The number of carbonyl (C=O) groups is 2. The quantitative estimate of drug-likeness (QED) is 0.251. The van der Waals surface area contributed by atoms with Gasteiger partial charge in [0.15, 0.2) is 0 Å². The van der Waals surface area contributed by atoms with Crippen molar-refractivity contribution in [3.63, 3.8) is 0 Å². The maximum absolute atomic E-state index is 13.1. The largest absolute Gasteiger partial charge is 0.481 e. The summed E-state index contributed by atoms with van der Waals surface area (Å²) in [6, 6.07) is 19.4. The second-order valence-electron chi connectivity index (χ2n) is 10.4. The van der Waals surface area contributed by atoms with Crippen LogP contribution >= 0.6 is 11.6 Å². The molecule has 0 bridgehead atoms. The normalized spacial score (nSPS) is 14.1. The summed E-state index contributed by atoms with van der Waals surface area (Å²) < 4.78 is 15.7. The molecule has 1 unspecified atom stereocenters.